The van der Waals surface area contributed by atoms with E-state index in [0.717, 1.165) is 30.9 Å². The van der Waals surface area contributed by atoms with Crippen LogP contribution in [-0.4, -0.2) is 21.7 Å². The maximum Gasteiger partial charge on any atom is 0.0625 e. The molecular weight excluding hydrogens is 236 g/mol. The molecule has 2 aromatic rings. The van der Waals surface area contributed by atoms with Gasteiger partial charge in [0.15, 0.2) is 0 Å². The number of nitrogen functional groups attached to an aromatic ring is 1. The minimum Gasteiger partial charge on any atom is -0.399 e. The van der Waals surface area contributed by atoms with E-state index in [1.165, 1.54) is 11.3 Å². The SMILES string of the molecule is CCc1cc(CN(C)Cc2cccc(N)c2)n(C)n1. The van der Waals surface area contributed by atoms with Crippen molar-refractivity contribution in [3.8, 4) is 0 Å². The summed E-state index contributed by atoms with van der Waals surface area (Å²) in [6.45, 7) is 3.90. The van der Waals surface area contributed by atoms with Crippen LogP contribution in [0.1, 0.15) is 23.9 Å². The predicted octanol–water partition coefficient (Wildman–Crippen LogP) is 2.20. The van der Waals surface area contributed by atoms with Crippen LogP contribution < -0.4 is 5.73 Å². The van der Waals surface area contributed by atoms with Gasteiger partial charge >= 0.3 is 0 Å². The molecule has 4 heteroatoms. The highest BCUT2D eigenvalue weighted by atomic mass is 15.3. The normalized spacial score (nSPS) is 11.2. The summed E-state index contributed by atoms with van der Waals surface area (Å²) >= 11 is 0. The van der Waals surface area contributed by atoms with Crippen molar-refractivity contribution < 1.29 is 0 Å². The van der Waals surface area contributed by atoms with Gasteiger partial charge in [0.25, 0.3) is 0 Å². The molecule has 2 N–H and O–H groups in total. The van der Waals surface area contributed by atoms with Crippen LogP contribution in [0.15, 0.2) is 30.3 Å². The molecule has 0 spiro atoms. The summed E-state index contributed by atoms with van der Waals surface area (Å²) < 4.78 is 1.97. The standard InChI is InChI=1S/C15H22N4/c1-4-14-9-15(19(3)17-14)11-18(2)10-12-6-5-7-13(16)8-12/h5-9H,4,10-11,16H2,1-3H3. The van der Waals surface area contributed by atoms with Gasteiger partial charge < -0.3 is 5.73 Å². The molecule has 0 radical (unpaired) electrons. The fourth-order valence-electron chi connectivity index (χ4n) is 2.23. The lowest BCUT2D eigenvalue weighted by molar-refractivity contribution is 0.309. The Morgan fingerprint density at radius 3 is 2.68 bits per heavy atom. The van der Waals surface area contributed by atoms with Gasteiger partial charge in [0, 0.05) is 25.8 Å². The van der Waals surface area contributed by atoms with E-state index in [1.807, 2.05) is 29.9 Å². The second kappa shape index (κ2) is 5.89. The van der Waals surface area contributed by atoms with Gasteiger partial charge in [-0.25, -0.2) is 0 Å². The first-order valence-corrected chi connectivity index (χ1v) is 6.63. The number of benzene rings is 1. The van der Waals surface area contributed by atoms with E-state index in [-0.39, 0.29) is 0 Å². The topological polar surface area (TPSA) is 47.1 Å². The van der Waals surface area contributed by atoms with Gasteiger partial charge in [-0.3, -0.25) is 9.58 Å². The summed E-state index contributed by atoms with van der Waals surface area (Å²) in [5.74, 6) is 0. The first-order valence-electron chi connectivity index (χ1n) is 6.63. The smallest absolute Gasteiger partial charge is 0.0625 e. The molecule has 0 bridgehead atoms. The van der Waals surface area contributed by atoms with Crippen LogP contribution in [0.2, 0.25) is 0 Å². The summed E-state index contributed by atoms with van der Waals surface area (Å²) in [6, 6.07) is 10.2. The number of nitrogens with zero attached hydrogens (tertiary/aromatic N) is 3. The van der Waals surface area contributed by atoms with Gasteiger partial charge in [-0.15, -0.1) is 0 Å². The van der Waals surface area contributed by atoms with Crippen molar-refractivity contribution in [1.82, 2.24) is 14.7 Å². The highest BCUT2D eigenvalue weighted by Gasteiger charge is 2.07. The Morgan fingerprint density at radius 2 is 2.05 bits per heavy atom. The highest BCUT2D eigenvalue weighted by Crippen LogP contribution is 2.12. The van der Waals surface area contributed by atoms with Gasteiger partial charge in [0.1, 0.15) is 0 Å². The van der Waals surface area contributed by atoms with Crippen LogP contribution >= 0.6 is 0 Å². The average Bonchev–Trinajstić information content (AvgIpc) is 2.70. The fraction of sp³-hybridized carbons (Fsp3) is 0.400. The average molecular weight is 258 g/mol. The van der Waals surface area contributed by atoms with Crippen molar-refractivity contribution in [2.45, 2.75) is 26.4 Å². The Labute approximate surface area is 114 Å². The van der Waals surface area contributed by atoms with Crippen LogP contribution in [0.3, 0.4) is 0 Å². The number of nitrogens with two attached hydrogens (primary N) is 1. The number of aromatic nitrogens is 2. The summed E-state index contributed by atoms with van der Waals surface area (Å²) in [5.41, 5.74) is 10.2. The quantitative estimate of drug-likeness (QED) is 0.836. The largest absolute Gasteiger partial charge is 0.399 e. The van der Waals surface area contributed by atoms with Crippen molar-refractivity contribution in [2.24, 2.45) is 7.05 Å². The van der Waals surface area contributed by atoms with Crippen molar-refractivity contribution in [3.63, 3.8) is 0 Å². The number of hydrogen-bond acceptors (Lipinski definition) is 3. The lowest BCUT2D eigenvalue weighted by Crippen LogP contribution is -2.19. The second-order valence-electron chi connectivity index (χ2n) is 5.02. The zero-order valence-corrected chi connectivity index (χ0v) is 11.9. The van der Waals surface area contributed by atoms with Crippen molar-refractivity contribution in [1.29, 1.82) is 0 Å². The maximum absolute atomic E-state index is 5.80. The monoisotopic (exact) mass is 258 g/mol. The van der Waals surface area contributed by atoms with Crippen molar-refractivity contribution in [3.05, 3.63) is 47.3 Å². The third-order valence-corrected chi connectivity index (χ3v) is 3.23. The van der Waals surface area contributed by atoms with Gasteiger partial charge in [0.2, 0.25) is 0 Å². The zero-order valence-electron chi connectivity index (χ0n) is 11.9. The van der Waals surface area contributed by atoms with E-state index in [0.29, 0.717) is 0 Å². The van der Waals surface area contributed by atoms with E-state index in [1.54, 1.807) is 0 Å². The third kappa shape index (κ3) is 3.58. The van der Waals surface area contributed by atoms with E-state index in [4.69, 9.17) is 5.73 Å². The zero-order chi connectivity index (χ0) is 13.8. The van der Waals surface area contributed by atoms with E-state index < -0.39 is 0 Å². The highest BCUT2D eigenvalue weighted by molar-refractivity contribution is 5.40. The third-order valence-electron chi connectivity index (χ3n) is 3.23. The van der Waals surface area contributed by atoms with Crippen LogP contribution in [0.25, 0.3) is 0 Å². The van der Waals surface area contributed by atoms with E-state index in [2.05, 4.69) is 36.1 Å². The molecule has 0 aliphatic carbocycles. The number of anilines is 1. The second-order valence-corrected chi connectivity index (χ2v) is 5.02. The Bertz CT molecular complexity index is 545. The predicted molar refractivity (Wildman–Crippen MR) is 78.6 cm³/mol. The van der Waals surface area contributed by atoms with Crippen LogP contribution in [0, 0.1) is 0 Å². The molecule has 0 unspecified atom stereocenters. The Balaban J connectivity index is 2.00. The molecule has 1 aromatic carbocycles. The van der Waals surface area contributed by atoms with Crippen molar-refractivity contribution in [2.75, 3.05) is 12.8 Å². The molecule has 4 nitrogen and oxygen atoms in total. The van der Waals surface area contributed by atoms with Crippen LogP contribution in [-0.2, 0) is 26.6 Å². The summed E-state index contributed by atoms with van der Waals surface area (Å²) in [6.07, 6.45) is 0.979. The molecule has 1 aromatic heterocycles. The fourth-order valence-corrected chi connectivity index (χ4v) is 2.23. The van der Waals surface area contributed by atoms with Crippen LogP contribution in [0.5, 0.6) is 0 Å². The van der Waals surface area contributed by atoms with E-state index >= 15 is 0 Å². The molecule has 1 heterocycles. The molecule has 0 aliphatic heterocycles. The molecule has 0 atom stereocenters. The Kier molecular flexibility index (Phi) is 4.22. The van der Waals surface area contributed by atoms with E-state index in [9.17, 15) is 0 Å². The van der Waals surface area contributed by atoms with Gasteiger partial charge in [-0.2, -0.15) is 5.10 Å². The van der Waals surface area contributed by atoms with Crippen molar-refractivity contribution >= 4 is 5.69 Å². The minimum atomic E-state index is 0.819. The summed E-state index contributed by atoms with van der Waals surface area (Å²) in [5, 5.41) is 4.47. The lowest BCUT2D eigenvalue weighted by Gasteiger charge is -2.16. The molecule has 102 valence electrons. The Morgan fingerprint density at radius 1 is 1.26 bits per heavy atom. The maximum atomic E-state index is 5.80. The molecule has 0 saturated carbocycles. The number of rotatable bonds is 5. The molecular formula is C15H22N4. The van der Waals surface area contributed by atoms with Crippen LogP contribution in [0.4, 0.5) is 5.69 Å². The molecule has 19 heavy (non-hydrogen) atoms. The molecule has 0 fully saturated rings. The minimum absolute atomic E-state index is 0.819. The first-order chi connectivity index (χ1) is 9.08. The first kappa shape index (κ1) is 13.6. The lowest BCUT2D eigenvalue weighted by atomic mass is 10.2. The summed E-state index contributed by atoms with van der Waals surface area (Å²) in [4.78, 5) is 2.27. The molecule has 0 saturated heterocycles. The van der Waals surface area contributed by atoms with Gasteiger partial charge in [-0.05, 0) is 37.2 Å². The number of aryl methyl sites for hydroxylation is 2. The Hall–Kier alpha value is -1.81. The summed E-state index contributed by atoms with van der Waals surface area (Å²) in [7, 11) is 4.12. The molecule has 0 aliphatic rings. The van der Waals surface area contributed by atoms with Gasteiger partial charge in [0.05, 0.1) is 11.4 Å². The molecule has 0 amide bonds. The molecule has 2 rings (SSSR count). The van der Waals surface area contributed by atoms with Gasteiger partial charge in [-0.1, -0.05) is 19.1 Å². The number of hydrogen-bond donors (Lipinski definition) is 1.